The van der Waals surface area contributed by atoms with Crippen molar-refractivity contribution in [3.63, 3.8) is 0 Å². The lowest BCUT2D eigenvalue weighted by molar-refractivity contribution is 0.395. The molecule has 130 valence electrons. The second kappa shape index (κ2) is 7.12. The summed E-state index contributed by atoms with van der Waals surface area (Å²) in [6.45, 7) is 0. The predicted molar refractivity (Wildman–Crippen MR) is 103 cm³/mol. The van der Waals surface area contributed by atoms with Crippen LogP contribution in [0.2, 0.25) is 15.2 Å². The summed E-state index contributed by atoms with van der Waals surface area (Å²) >= 11 is 19.0. The van der Waals surface area contributed by atoms with Gasteiger partial charge in [0.15, 0.2) is 0 Å². The molecule has 0 aliphatic heterocycles. The monoisotopic (exact) mass is 397 g/mol. The third-order valence-corrected chi connectivity index (χ3v) is 4.70. The molecule has 25 heavy (non-hydrogen) atoms. The van der Waals surface area contributed by atoms with Crippen LogP contribution >= 0.6 is 34.8 Å². The van der Waals surface area contributed by atoms with E-state index in [9.17, 15) is 0 Å². The zero-order valence-electron chi connectivity index (χ0n) is 13.7. The minimum atomic E-state index is 0.351. The molecular formula is C17H14Cl3N3O2. The molecule has 0 saturated carbocycles. The summed E-state index contributed by atoms with van der Waals surface area (Å²) in [6.07, 6.45) is 1.67. The van der Waals surface area contributed by atoms with Gasteiger partial charge in [0.25, 0.3) is 0 Å². The van der Waals surface area contributed by atoms with E-state index in [1.807, 2.05) is 6.07 Å². The van der Waals surface area contributed by atoms with Gasteiger partial charge in [-0.05, 0) is 12.1 Å². The standard InChI is InChI=1S/C17H14Cl3N3O2/c1-21-17-9-5-13(18)22-7-8(9)4-10(23-17)14-15(19)11(24-2)6-12(25-3)16(14)20/h4-7H,1-3H3,(H,21,23). The number of methoxy groups -OCH3 is 2. The Morgan fingerprint density at radius 2 is 1.60 bits per heavy atom. The molecule has 0 aliphatic carbocycles. The van der Waals surface area contributed by atoms with E-state index in [1.54, 1.807) is 25.4 Å². The van der Waals surface area contributed by atoms with E-state index < -0.39 is 0 Å². The summed E-state index contributed by atoms with van der Waals surface area (Å²) in [5.74, 6) is 1.52. The third-order valence-electron chi connectivity index (χ3n) is 3.75. The number of aromatic nitrogens is 2. The number of hydrogen-bond acceptors (Lipinski definition) is 5. The van der Waals surface area contributed by atoms with Crippen molar-refractivity contribution in [3.8, 4) is 22.8 Å². The van der Waals surface area contributed by atoms with Gasteiger partial charge in [-0.3, -0.25) is 0 Å². The fourth-order valence-corrected chi connectivity index (χ4v) is 3.40. The summed E-state index contributed by atoms with van der Waals surface area (Å²) < 4.78 is 10.6. The van der Waals surface area contributed by atoms with Crippen LogP contribution in [0.5, 0.6) is 11.5 Å². The van der Waals surface area contributed by atoms with Crippen LogP contribution in [0.15, 0.2) is 24.4 Å². The average Bonchev–Trinajstić information content (AvgIpc) is 2.61. The van der Waals surface area contributed by atoms with Gasteiger partial charge in [0.05, 0.1) is 30.0 Å². The molecule has 2 heterocycles. The van der Waals surface area contributed by atoms with Gasteiger partial charge >= 0.3 is 0 Å². The molecule has 0 spiro atoms. The van der Waals surface area contributed by atoms with Gasteiger partial charge in [0, 0.05) is 35.6 Å². The minimum absolute atomic E-state index is 0.351. The Labute approximate surface area is 159 Å². The van der Waals surface area contributed by atoms with Crippen molar-refractivity contribution >= 4 is 51.4 Å². The highest BCUT2D eigenvalue weighted by Gasteiger charge is 2.21. The maximum Gasteiger partial charge on any atom is 0.141 e. The Morgan fingerprint density at radius 3 is 2.16 bits per heavy atom. The molecule has 0 radical (unpaired) electrons. The van der Waals surface area contributed by atoms with E-state index in [0.29, 0.717) is 43.8 Å². The lowest BCUT2D eigenvalue weighted by atomic mass is 10.1. The van der Waals surface area contributed by atoms with Crippen LogP contribution in [0, 0.1) is 0 Å². The number of halogens is 3. The van der Waals surface area contributed by atoms with Gasteiger partial charge < -0.3 is 14.8 Å². The second-order valence-electron chi connectivity index (χ2n) is 5.12. The Kier molecular flexibility index (Phi) is 5.08. The van der Waals surface area contributed by atoms with Crippen LogP contribution in [0.4, 0.5) is 5.82 Å². The smallest absolute Gasteiger partial charge is 0.141 e. The number of ether oxygens (including phenoxy) is 2. The molecule has 1 aromatic carbocycles. The van der Waals surface area contributed by atoms with Gasteiger partial charge in [-0.25, -0.2) is 9.97 Å². The first kappa shape index (κ1) is 17.9. The fourth-order valence-electron chi connectivity index (χ4n) is 2.55. The highest BCUT2D eigenvalue weighted by molar-refractivity contribution is 6.41. The minimum Gasteiger partial charge on any atom is -0.495 e. The van der Waals surface area contributed by atoms with Crippen LogP contribution in [-0.2, 0) is 0 Å². The zero-order chi connectivity index (χ0) is 18.1. The maximum absolute atomic E-state index is 6.49. The van der Waals surface area contributed by atoms with E-state index in [0.717, 1.165) is 10.8 Å². The maximum atomic E-state index is 6.49. The molecule has 0 aliphatic rings. The van der Waals surface area contributed by atoms with E-state index >= 15 is 0 Å². The normalized spacial score (nSPS) is 10.8. The Hall–Kier alpha value is -1.95. The first-order chi connectivity index (χ1) is 12.0. The number of fused-ring (bicyclic) bond motifs is 1. The molecule has 3 rings (SSSR count). The van der Waals surface area contributed by atoms with Gasteiger partial charge in [-0.1, -0.05) is 34.8 Å². The van der Waals surface area contributed by atoms with Crippen LogP contribution in [0.3, 0.4) is 0 Å². The van der Waals surface area contributed by atoms with Crippen molar-refractivity contribution in [2.75, 3.05) is 26.6 Å². The topological polar surface area (TPSA) is 56.3 Å². The highest BCUT2D eigenvalue weighted by Crippen LogP contribution is 2.46. The first-order valence-corrected chi connectivity index (χ1v) is 8.38. The molecule has 2 aromatic heterocycles. The summed E-state index contributed by atoms with van der Waals surface area (Å²) in [5.41, 5.74) is 1.08. The van der Waals surface area contributed by atoms with E-state index in [2.05, 4.69) is 15.3 Å². The zero-order valence-corrected chi connectivity index (χ0v) is 15.9. The van der Waals surface area contributed by atoms with Crippen LogP contribution in [-0.4, -0.2) is 31.2 Å². The average molecular weight is 399 g/mol. The first-order valence-electron chi connectivity index (χ1n) is 7.24. The number of rotatable bonds is 4. The van der Waals surface area contributed by atoms with Crippen molar-refractivity contribution < 1.29 is 9.47 Å². The molecule has 3 aromatic rings. The molecule has 8 heteroatoms. The van der Waals surface area contributed by atoms with E-state index in [4.69, 9.17) is 44.3 Å². The number of nitrogens with one attached hydrogen (secondary N) is 1. The summed E-state index contributed by atoms with van der Waals surface area (Å²) in [5, 5.41) is 5.83. The van der Waals surface area contributed by atoms with Gasteiger partial charge in [-0.15, -0.1) is 0 Å². The van der Waals surface area contributed by atoms with Crippen LogP contribution in [0.25, 0.3) is 22.0 Å². The SMILES string of the molecule is CNc1nc(-c2c(Cl)c(OC)cc(OC)c2Cl)cc2cnc(Cl)cc12. The Morgan fingerprint density at radius 1 is 0.960 bits per heavy atom. The molecule has 0 fully saturated rings. The van der Waals surface area contributed by atoms with Crippen molar-refractivity contribution in [1.29, 1.82) is 0 Å². The van der Waals surface area contributed by atoms with Crippen molar-refractivity contribution in [1.82, 2.24) is 9.97 Å². The predicted octanol–water partition coefficient (Wildman–Crippen LogP) is 5.32. The molecule has 0 saturated heterocycles. The molecule has 0 amide bonds. The number of hydrogen-bond donors (Lipinski definition) is 1. The largest absolute Gasteiger partial charge is 0.495 e. The lowest BCUT2D eigenvalue weighted by Gasteiger charge is -2.16. The van der Waals surface area contributed by atoms with Crippen molar-refractivity contribution in [2.24, 2.45) is 0 Å². The molecule has 5 nitrogen and oxygen atoms in total. The molecule has 1 N–H and O–H groups in total. The summed E-state index contributed by atoms with van der Waals surface area (Å²) in [4.78, 5) is 8.75. The van der Waals surface area contributed by atoms with Gasteiger partial charge in [0.1, 0.15) is 22.5 Å². The van der Waals surface area contributed by atoms with Crippen molar-refractivity contribution in [3.05, 3.63) is 39.6 Å². The van der Waals surface area contributed by atoms with Crippen molar-refractivity contribution in [2.45, 2.75) is 0 Å². The summed E-state index contributed by atoms with van der Waals surface area (Å²) in [6, 6.07) is 5.22. The Bertz CT molecular complexity index is 936. The number of nitrogens with zero attached hydrogens (tertiary/aromatic N) is 2. The number of pyridine rings is 2. The van der Waals surface area contributed by atoms with Crippen LogP contribution in [0.1, 0.15) is 0 Å². The lowest BCUT2D eigenvalue weighted by Crippen LogP contribution is -1.99. The van der Waals surface area contributed by atoms with Gasteiger partial charge in [0.2, 0.25) is 0 Å². The molecule has 0 atom stereocenters. The van der Waals surface area contributed by atoms with E-state index in [1.165, 1.54) is 14.2 Å². The second-order valence-corrected chi connectivity index (χ2v) is 6.26. The van der Waals surface area contributed by atoms with E-state index in [-0.39, 0.29) is 0 Å². The third kappa shape index (κ3) is 3.15. The number of benzene rings is 1. The highest BCUT2D eigenvalue weighted by atomic mass is 35.5. The molecule has 0 unspecified atom stereocenters. The molecular weight excluding hydrogens is 385 g/mol. The summed E-state index contributed by atoms with van der Waals surface area (Å²) in [7, 11) is 4.82. The fraction of sp³-hybridized carbons (Fsp3) is 0.176. The molecule has 0 bridgehead atoms. The van der Waals surface area contributed by atoms with Crippen LogP contribution < -0.4 is 14.8 Å². The van der Waals surface area contributed by atoms with Gasteiger partial charge in [-0.2, -0.15) is 0 Å². The quantitative estimate of drug-likeness (QED) is 0.603. The Balaban J connectivity index is 2.35. The number of anilines is 1.